The van der Waals surface area contributed by atoms with Crippen LogP contribution in [0.25, 0.3) is 0 Å². The maximum absolute atomic E-state index is 11.8. The van der Waals surface area contributed by atoms with E-state index in [-0.39, 0.29) is 5.91 Å². The maximum Gasteiger partial charge on any atom is 0.251 e. The van der Waals surface area contributed by atoms with E-state index in [1.807, 2.05) is 0 Å². The van der Waals surface area contributed by atoms with Crippen LogP contribution >= 0.6 is 0 Å². The molecule has 0 spiro atoms. The highest BCUT2D eigenvalue weighted by molar-refractivity contribution is 5.94. The zero-order chi connectivity index (χ0) is 12.5. The van der Waals surface area contributed by atoms with Crippen LogP contribution in [0.1, 0.15) is 30.6 Å². The smallest absolute Gasteiger partial charge is 0.251 e. The Labute approximate surface area is 102 Å². The number of hydrazine groups is 1. The summed E-state index contributed by atoms with van der Waals surface area (Å²) in [6.45, 7) is 5.22. The quantitative estimate of drug-likeness (QED) is 0.548. The lowest BCUT2D eigenvalue weighted by Crippen LogP contribution is -2.26. The average molecular weight is 233 g/mol. The second kappa shape index (κ2) is 4.37. The topological polar surface area (TPSA) is 67.2 Å². The van der Waals surface area contributed by atoms with Crippen LogP contribution in [-0.4, -0.2) is 12.5 Å². The number of benzene rings is 1. The van der Waals surface area contributed by atoms with Crippen molar-refractivity contribution < 1.29 is 4.79 Å². The van der Waals surface area contributed by atoms with E-state index in [2.05, 4.69) is 24.6 Å². The van der Waals surface area contributed by atoms with E-state index < -0.39 is 0 Å². The largest absolute Gasteiger partial charge is 0.352 e. The Morgan fingerprint density at radius 2 is 2.00 bits per heavy atom. The molecule has 1 aliphatic rings. The number of rotatable bonds is 4. The van der Waals surface area contributed by atoms with Crippen molar-refractivity contribution in [1.29, 1.82) is 0 Å². The van der Waals surface area contributed by atoms with Crippen LogP contribution in [-0.2, 0) is 0 Å². The van der Waals surface area contributed by atoms with Crippen molar-refractivity contribution in [3.8, 4) is 0 Å². The van der Waals surface area contributed by atoms with Crippen LogP contribution in [0.5, 0.6) is 0 Å². The second-order valence-electron chi connectivity index (χ2n) is 5.32. The molecular weight excluding hydrogens is 214 g/mol. The fraction of sp³-hybridized carbons (Fsp3) is 0.462. The van der Waals surface area contributed by atoms with Crippen LogP contribution in [0.15, 0.2) is 24.3 Å². The normalized spacial score (nSPS) is 20.8. The summed E-state index contributed by atoms with van der Waals surface area (Å²) in [7, 11) is 0. The first kappa shape index (κ1) is 11.9. The molecule has 4 heteroatoms. The van der Waals surface area contributed by atoms with Gasteiger partial charge in [0.2, 0.25) is 0 Å². The molecule has 1 fully saturated rings. The molecule has 0 radical (unpaired) electrons. The number of nitrogens with two attached hydrogens (primary N) is 1. The first-order chi connectivity index (χ1) is 8.03. The summed E-state index contributed by atoms with van der Waals surface area (Å²) < 4.78 is 0. The average Bonchev–Trinajstić information content (AvgIpc) is 2.94. The molecule has 4 nitrogen and oxygen atoms in total. The van der Waals surface area contributed by atoms with Crippen molar-refractivity contribution in [3.63, 3.8) is 0 Å². The molecule has 1 saturated carbocycles. The van der Waals surface area contributed by atoms with E-state index in [1.54, 1.807) is 24.3 Å². The van der Waals surface area contributed by atoms with Crippen LogP contribution in [0, 0.1) is 11.3 Å². The Bertz CT molecular complexity index is 411. The van der Waals surface area contributed by atoms with E-state index >= 15 is 0 Å². The summed E-state index contributed by atoms with van der Waals surface area (Å²) in [5.74, 6) is 5.87. The van der Waals surface area contributed by atoms with Gasteiger partial charge in [-0.25, -0.2) is 0 Å². The third kappa shape index (κ3) is 2.77. The summed E-state index contributed by atoms with van der Waals surface area (Å²) in [5, 5.41) is 2.96. The number of hydrogen-bond donors (Lipinski definition) is 3. The molecule has 1 unspecified atom stereocenters. The van der Waals surface area contributed by atoms with Crippen molar-refractivity contribution in [2.75, 3.05) is 12.0 Å². The minimum absolute atomic E-state index is 0.0173. The van der Waals surface area contributed by atoms with Crippen LogP contribution in [0.4, 0.5) is 5.69 Å². The standard InChI is InChI=1S/C13H19N3O/c1-13(2)7-10(13)8-15-12(17)9-3-5-11(16-14)6-4-9/h3-6,10,16H,7-8,14H2,1-2H3,(H,15,17). The van der Waals surface area contributed by atoms with Gasteiger partial charge < -0.3 is 10.7 Å². The fourth-order valence-corrected chi connectivity index (χ4v) is 1.96. The van der Waals surface area contributed by atoms with Crippen molar-refractivity contribution in [1.82, 2.24) is 5.32 Å². The van der Waals surface area contributed by atoms with Gasteiger partial charge in [0.05, 0.1) is 0 Å². The molecule has 17 heavy (non-hydrogen) atoms. The highest BCUT2D eigenvalue weighted by Gasteiger charge is 2.45. The van der Waals surface area contributed by atoms with E-state index in [1.165, 1.54) is 6.42 Å². The molecule has 0 aromatic heterocycles. The highest BCUT2D eigenvalue weighted by Crippen LogP contribution is 2.50. The molecule has 1 atom stereocenters. The van der Waals surface area contributed by atoms with Gasteiger partial charge in [0.25, 0.3) is 5.91 Å². The Morgan fingerprint density at radius 1 is 1.41 bits per heavy atom. The molecule has 0 saturated heterocycles. The number of hydrogen-bond acceptors (Lipinski definition) is 3. The molecule has 0 aliphatic heterocycles. The first-order valence-electron chi connectivity index (χ1n) is 5.88. The lowest BCUT2D eigenvalue weighted by Gasteiger charge is -2.07. The fourth-order valence-electron chi connectivity index (χ4n) is 1.96. The van der Waals surface area contributed by atoms with Crippen LogP contribution in [0.3, 0.4) is 0 Å². The SMILES string of the molecule is CC1(C)CC1CNC(=O)c1ccc(NN)cc1. The van der Waals surface area contributed by atoms with E-state index in [0.717, 1.165) is 12.2 Å². The number of nitrogen functional groups attached to an aromatic ring is 1. The number of anilines is 1. The summed E-state index contributed by atoms with van der Waals surface area (Å²) in [6.07, 6.45) is 1.20. The van der Waals surface area contributed by atoms with Gasteiger partial charge in [0.1, 0.15) is 0 Å². The third-order valence-electron chi connectivity index (χ3n) is 3.54. The van der Waals surface area contributed by atoms with E-state index in [9.17, 15) is 4.79 Å². The lowest BCUT2D eigenvalue weighted by atomic mass is 10.1. The summed E-state index contributed by atoms with van der Waals surface area (Å²) >= 11 is 0. The van der Waals surface area contributed by atoms with Gasteiger partial charge in [-0.15, -0.1) is 0 Å². The molecule has 92 valence electrons. The molecular formula is C13H19N3O. The highest BCUT2D eigenvalue weighted by atomic mass is 16.1. The predicted octanol–water partition coefficient (Wildman–Crippen LogP) is 1.75. The van der Waals surface area contributed by atoms with Gasteiger partial charge in [-0.1, -0.05) is 13.8 Å². The minimum atomic E-state index is -0.0173. The van der Waals surface area contributed by atoms with Crippen molar-refractivity contribution in [3.05, 3.63) is 29.8 Å². The van der Waals surface area contributed by atoms with Gasteiger partial charge in [0.15, 0.2) is 0 Å². The Morgan fingerprint density at radius 3 is 2.47 bits per heavy atom. The molecule has 1 aromatic rings. The zero-order valence-corrected chi connectivity index (χ0v) is 10.3. The van der Waals surface area contributed by atoms with Crippen LogP contribution in [0.2, 0.25) is 0 Å². The molecule has 0 bridgehead atoms. The monoisotopic (exact) mass is 233 g/mol. The molecule has 1 amide bonds. The number of carbonyl (C=O) groups excluding carboxylic acids is 1. The zero-order valence-electron chi connectivity index (χ0n) is 10.3. The number of carbonyl (C=O) groups is 1. The Kier molecular flexibility index (Phi) is 3.07. The first-order valence-corrected chi connectivity index (χ1v) is 5.88. The second-order valence-corrected chi connectivity index (χ2v) is 5.32. The molecule has 1 aromatic carbocycles. The van der Waals surface area contributed by atoms with Crippen molar-refractivity contribution in [2.45, 2.75) is 20.3 Å². The molecule has 0 heterocycles. The lowest BCUT2D eigenvalue weighted by molar-refractivity contribution is 0.0950. The van der Waals surface area contributed by atoms with Gasteiger partial charge in [-0.3, -0.25) is 10.6 Å². The van der Waals surface area contributed by atoms with E-state index in [0.29, 0.717) is 16.9 Å². The van der Waals surface area contributed by atoms with Crippen molar-refractivity contribution >= 4 is 11.6 Å². The van der Waals surface area contributed by atoms with Crippen LogP contribution < -0.4 is 16.6 Å². The summed E-state index contributed by atoms with van der Waals surface area (Å²) in [5.41, 5.74) is 4.40. The van der Waals surface area contributed by atoms with Gasteiger partial charge >= 0.3 is 0 Å². The van der Waals surface area contributed by atoms with E-state index in [4.69, 9.17) is 5.84 Å². The third-order valence-corrected chi connectivity index (χ3v) is 3.54. The van der Waals surface area contributed by atoms with Crippen molar-refractivity contribution in [2.24, 2.45) is 17.2 Å². The minimum Gasteiger partial charge on any atom is -0.352 e. The molecule has 2 rings (SSSR count). The predicted molar refractivity (Wildman–Crippen MR) is 68.5 cm³/mol. The Balaban J connectivity index is 1.87. The number of nitrogens with one attached hydrogen (secondary N) is 2. The molecule has 4 N–H and O–H groups in total. The summed E-state index contributed by atoms with van der Waals surface area (Å²) in [4.78, 5) is 11.8. The number of amides is 1. The maximum atomic E-state index is 11.8. The summed E-state index contributed by atoms with van der Waals surface area (Å²) in [6, 6.07) is 7.11. The van der Waals surface area contributed by atoms with Gasteiger partial charge in [0, 0.05) is 17.8 Å². The van der Waals surface area contributed by atoms with Gasteiger partial charge in [-0.2, -0.15) is 0 Å². The Hall–Kier alpha value is -1.55. The van der Waals surface area contributed by atoms with Gasteiger partial charge in [-0.05, 0) is 42.0 Å². The molecule has 1 aliphatic carbocycles.